The molecular formula is C24H27ClO4. The number of benzene rings is 2. The Balaban J connectivity index is 1.36. The number of carboxylic acid groups (broad SMARTS) is 1. The largest absolute Gasteiger partial charge is 0.481 e. The maximum Gasteiger partial charge on any atom is 0.303 e. The van der Waals surface area contributed by atoms with Crippen LogP contribution in [0.5, 0.6) is 11.5 Å². The SMILES string of the molecule is O=C(O)CCCC12CCC(OCc3cc(Cl)cc(Oc4ccccc4)c3)(CC1)C2. The molecule has 1 N–H and O–H groups in total. The number of hydrogen-bond acceptors (Lipinski definition) is 3. The van der Waals surface area contributed by atoms with Crippen molar-refractivity contribution in [2.75, 3.05) is 0 Å². The third-order valence-electron chi connectivity index (χ3n) is 6.47. The van der Waals surface area contributed by atoms with E-state index in [0.717, 1.165) is 56.3 Å². The van der Waals surface area contributed by atoms with Gasteiger partial charge < -0.3 is 14.6 Å². The maximum absolute atomic E-state index is 10.8. The van der Waals surface area contributed by atoms with E-state index in [1.165, 1.54) is 0 Å². The molecule has 4 nitrogen and oxygen atoms in total. The van der Waals surface area contributed by atoms with Crippen molar-refractivity contribution in [1.29, 1.82) is 0 Å². The summed E-state index contributed by atoms with van der Waals surface area (Å²) < 4.78 is 12.4. The molecule has 0 aromatic heterocycles. The van der Waals surface area contributed by atoms with Crippen LogP contribution in [0, 0.1) is 5.41 Å². The van der Waals surface area contributed by atoms with Crippen LogP contribution >= 0.6 is 11.6 Å². The lowest BCUT2D eigenvalue weighted by molar-refractivity contribution is -0.137. The van der Waals surface area contributed by atoms with Gasteiger partial charge in [0.15, 0.2) is 0 Å². The second-order valence-electron chi connectivity index (χ2n) is 8.61. The van der Waals surface area contributed by atoms with Gasteiger partial charge >= 0.3 is 5.97 Å². The number of aliphatic carboxylic acids is 1. The quantitative estimate of drug-likeness (QED) is 0.501. The van der Waals surface area contributed by atoms with E-state index in [9.17, 15) is 4.79 Å². The highest BCUT2D eigenvalue weighted by atomic mass is 35.5. The maximum atomic E-state index is 10.8. The van der Waals surface area contributed by atoms with Gasteiger partial charge in [-0.2, -0.15) is 0 Å². The predicted octanol–water partition coefficient (Wildman–Crippen LogP) is 6.61. The molecule has 2 aromatic rings. The number of fused-ring (bicyclic) bond motifs is 2. The highest BCUT2D eigenvalue weighted by Gasteiger charge is 2.54. The Hall–Kier alpha value is -2.04. The van der Waals surface area contributed by atoms with Crippen LogP contribution in [0.1, 0.15) is 56.9 Å². The highest BCUT2D eigenvalue weighted by molar-refractivity contribution is 6.30. The van der Waals surface area contributed by atoms with Crippen LogP contribution in [-0.4, -0.2) is 16.7 Å². The van der Waals surface area contributed by atoms with E-state index < -0.39 is 5.97 Å². The third-order valence-corrected chi connectivity index (χ3v) is 6.69. The molecule has 29 heavy (non-hydrogen) atoms. The summed E-state index contributed by atoms with van der Waals surface area (Å²) in [6, 6.07) is 15.4. The number of halogens is 1. The minimum absolute atomic E-state index is 0.0635. The van der Waals surface area contributed by atoms with Gasteiger partial charge in [0.05, 0.1) is 12.2 Å². The van der Waals surface area contributed by atoms with Gasteiger partial charge in [-0.05, 0) is 86.3 Å². The van der Waals surface area contributed by atoms with E-state index in [1.54, 1.807) is 0 Å². The van der Waals surface area contributed by atoms with Crippen molar-refractivity contribution < 1.29 is 19.4 Å². The Labute approximate surface area is 176 Å². The summed E-state index contributed by atoms with van der Waals surface area (Å²) in [4.78, 5) is 10.8. The fourth-order valence-electron chi connectivity index (χ4n) is 5.05. The molecule has 0 aliphatic heterocycles. The molecule has 0 radical (unpaired) electrons. The molecule has 0 amide bonds. The van der Waals surface area contributed by atoms with Gasteiger partial charge in [-0.25, -0.2) is 0 Å². The van der Waals surface area contributed by atoms with Crippen LogP contribution in [0.15, 0.2) is 48.5 Å². The summed E-state index contributed by atoms with van der Waals surface area (Å²) in [5, 5.41) is 9.54. The normalized spacial score (nSPS) is 25.3. The minimum Gasteiger partial charge on any atom is -0.481 e. The summed E-state index contributed by atoms with van der Waals surface area (Å²) in [5.41, 5.74) is 1.23. The van der Waals surface area contributed by atoms with Crippen molar-refractivity contribution >= 4 is 17.6 Å². The van der Waals surface area contributed by atoms with Crippen molar-refractivity contribution in [2.45, 2.75) is 63.6 Å². The molecule has 0 heterocycles. The van der Waals surface area contributed by atoms with E-state index in [0.29, 0.717) is 17.4 Å². The molecule has 2 aromatic carbocycles. The van der Waals surface area contributed by atoms with Crippen molar-refractivity contribution in [2.24, 2.45) is 5.41 Å². The van der Waals surface area contributed by atoms with Gasteiger partial charge in [0, 0.05) is 11.4 Å². The van der Waals surface area contributed by atoms with Gasteiger partial charge in [-0.3, -0.25) is 4.79 Å². The lowest BCUT2D eigenvalue weighted by Crippen LogP contribution is -2.26. The van der Waals surface area contributed by atoms with Crippen molar-refractivity contribution in [3.63, 3.8) is 0 Å². The molecule has 0 atom stereocenters. The molecule has 2 fully saturated rings. The summed E-state index contributed by atoms with van der Waals surface area (Å²) in [5.74, 6) is 0.785. The third kappa shape index (κ3) is 4.93. The first-order valence-corrected chi connectivity index (χ1v) is 10.7. The summed E-state index contributed by atoms with van der Waals surface area (Å²) in [6.45, 7) is 0.511. The molecule has 5 heteroatoms. The Bertz CT molecular complexity index is 856. The number of ether oxygens (including phenoxy) is 2. The average molecular weight is 415 g/mol. The van der Waals surface area contributed by atoms with Gasteiger partial charge in [0.1, 0.15) is 11.5 Å². The first kappa shape index (κ1) is 20.2. The first-order valence-electron chi connectivity index (χ1n) is 10.3. The van der Waals surface area contributed by atoms with Gasteiger partial charge in [0.2, 0.25) is 0 Å². The lowest BCUT2D eigenvalue weighted by Gasteiger charge is -2.28. The number of para-hydroxylation sites is 1. The highest BCUT2D eigenvalue weighted by Crippen LogP contribution is 2.60. The van der Waals surface area contributed by atoms with Gasteiger partial charge in [0.25, 0.3) is 0 Å². The average Bonchev–Trinajstić information content (AvgIpc) is 3.23. The van der Waals surface area contributed by atoms with Crippen molar-refractivity contribution in [1.82, 2.24) is 0 Å². The molecule has 2 aliphatic carbocycles. The van der Waals surface area contributed by atoms with Crippen LogP contribution in [0.3, 0.4) is 0 Å². The predicted molar refractivity (Wildman–Crippen MR) is 112 cm³/mol. The second-order valence-corrected chi connectivity index (χ2v) is 9.04. The zero-order valence-corrected chi connectivity index (χ0v) is 17.3. The van der Waals surface area contributed by atoms with Gasteiger partial charge in [-0.15, -0.1) is 0 Å². The standard InChI is InChI=1S/C24H27ClO4/c25-19-13-18(14-21(15-19)29-20-5-2-1-3-6-20)16-28-24-11-9-23(17-24,10-12-24)8-4-7-22(26)27/h1-3,5-6,13-15H,4,7-12,16-17H2,(H,26,27). The molecule has 4 rings (SSSR count). The minimum atomic E-state index is -0.700. The van der Waals surface area contributed by atoms with E-state index in [2.05, 4.69) is 0 Å². The molecule has 0 saturated heterocycles. The molecule has 0 spiro atoms. The molecule has 154 valence electrons. The number of carboxylic acids is 1. The van der Waals surface area contributed by atoms with Gasteiger partial charge in [-0.1, -0.05) is 29.8 Å². The second kappa shape index (κ2) is 8.37. The van der Waals surface area contributed by atoms with Crippen molar-refractivity contribution in [3.8, 4) is 11.5 Å². The monoisotopic (exact) mass is 414 g/mol. The summed E-state index contributed by atoms with van der Waals surface area (Å²) in [7, 11) is 0. The number of hydrogen-bond donors (Lipinski definition) is 1. The smallest absolute Gasteiger partial charge is 0.303 e. The van der Waals surface area contributed by atoms with Crippen LogP contribution in [0.25, 0.3) is 0 Å². The Morgan fingerprint density at radius 2 is 1.79 bits per heavy atom. The van der Waals surface area contributed by atoms with Crippen LogP contribution in [0.4, 0.5) is 0 Å². The lowest BCUT2D eigenvalue weighted by atomic mass is 9.80. The fraction of sp³-hybridized carbons (Fsp3) is 0.458. The van der Waals surface area contributed by atoms with E-state index in [4.69, 9.17) is 26.2 Å². The van der Waals surface area contributed by atoms with E-state index in [-0.39, 0.29) is 17.4 Å². The summed E-state index contributed by atoms with van der Waals surface area (Å²) in [6.07, 6.45) is 7.49. The van der Waals surface area contributed by atoms with Crippen LogP contribution in [0.2, 0.25) is 5.02 Å². The molecule has 2 aliphatic rings. The van der Waals surface area contributed by atoms with E-state index >= 15 is 0 Å². The molecule has 2 bridgehead atoms. The van der Waals surface area contributed by atoms with Crippen LogP contribution in [-0.2, 0) is 16.1 Å². The Kier molecular flexibility index (Phi) is 5.84. The molecule has 0 unspecified atom stereocenters. The van der Waals surface area contributed by atoms with Crippen LogP contribution < -0.4 is 4.74 Å². The van der Waals surface area contributed by atoms with E-state index in [1.807, 2.05) is 48.5 Å². The Morgan fingerprint density at radius 1 is 1.03 bits per heavy atom. The zero-order valence-electron chi connectivity index (χ0n) is 16.5. The van der Waals surface area contributed by atoms with Crippen molar-refractivity contribution in [3.05, 3.63) is 59.1 Å². The zero-order chi connectivity index (χ0) is 20.3. The fourth-order valence-corrected chi connectivity index (χ4v) is 5.29. The first-order chi connectivity index (χ1) is 14.0. The Morgan fingerprint density at radius 3 is 2.52 bits per heavy atom. The molecule has 2 saturated carbocycles. The number of rotatable bonds is 9. The topological polar surface area (TPSA) is 55.8 Å². The number of carbonyl (C=O) groups is 1. The summed E-state index contributed by atoms with van der Waals surface area (Å²) >= 11 is 6.31. The molecular weight excluding hydrogens is 388 g/mol.